The fourth-order valence-electron chi connectivity index (χ4n) is 4.89. The number of alkyl halides is 3. The summed E-state index contributed by atoms with van der Waals surface area (Å²) in [5.41, 5.74) is 8.63. The van der Waals surface area contributed by atoms with Gasteiger partial charge in [0.25, 0.3) is 0 Å². The normalized spacial score (nSPS) is 22.2. The smallest absolute Gasteiger partial charge is 0.393 e. The molecule has 2 N–H and O–H groups in total. The van der Waals surface area contributed by atoms with Crippen molar-refractivity contribution in [3.8, 4) is 0 Å². The molecule has 5 rings (SSSR count). The van der Waals surface area contributed by atoms with Crippen molar-refractivity contribution in [3.63, 3.8) is 0 Å². The molecule has 1 atom stereocenters. The largest absolute Gasteiger partial charge is 0.399 e. The standard InChI is InChI=1S/C22H24F3N5S/c23-22(24,25)10-17-9-18-19(31-17)20(28-14-27-18)30-8-6-21(13-30)5-7-29(12-21)11-15-1-3-16(26)4-2-15/h1-4,9,14H,5-8,10-13,26H2. The lowest BCUT2D eigenvalue weighted by Gasteiger charge is -2.25. The summed E-state index contributed by atoms with van der Waals surface area (Å²) in [4.78, 5) is 13.7. The SMILES string of the molecule is Nc1ccc(CN2CCC3(CCN(c4ncnc5cc(CC(F)(F)F)sc45)C3)C2)cc1. The van der Waals surface area contributed by atoms with E-state index in [0.29, 0.717) is 5.52 Å². The van der Waals surface area contributed by atoms with Gasteiger partial charge in [-0.25, -0.2) is 9.97 Å². The summed E-state index contributed by atoms with van der Waals surface area (Å²) < 4.78 is 39.3. The van der Waals surface area contributed by atoms with Crippen LogP contribution in [0, 0.1) is 5.41 Å². The molecule has 9 heteroatoms. The Labute approximate surface area is 182 Å². The lowest BCUT2D eigenvalue weighted by molar-refractivity contribution is -0.126. The molecule has 1 spiro atoms. The van der Waals surface area contributed by atoms with E-state index in [4.69, 9.17) is 5.73 Å². The molecule has 2 fully saturated rings. The van der Waals surface area contributed by atoms with Crippen molar-refractivity contribution in [2.24, 2.45) is 5.41 Å². The van der Waals surface area contributed by atoms with E-state index in [-0.39, 0.29) is 10.3 Å². The maximum Gasteiger partial charge on any atom is 0.393 e. The molecule has 4 heterocycles. The highest BCUT2D eigenvalue weighted by Crippen LogP contribution is 2.43. The lowest BCUT2D eigenvalue weighted by atomic mass is 9.86. The van der Waals surface area contributed by atoms with Crippen LogP contribution in [0.4, 0.5) is 24.7 Å². The average molecular weight is 448 g/mol. The van der Waals surface area contributed by atoms with Gasteiger partial charge in [-0.1, -0.05) is 12.1 Å². The lowest BCUT2D eigenvalue weighted by Crippen LogP contribution is -2.31. The van der Waals surface area contributed by atoms with E-state index in [1.165, 1.54) is 11.9 Å². The molecule has 0 amide bonds. The van der Waals surface area contributed by atoms with E-state index in [1.54, 1.807) is 6.07 Å². The summed E-state index contributed by atoms with van der Waals surface area (Å²) >= 11 is 1.16. The van der Waals surface area contributed by atoms with Crippen molar-refractivity contribution in [2.45, 2.75) is 32.0 Å². The van der Waals surface area contributed by atoms with Gasteiger partial charge >= 0.3 is 6.18 Å². The monoisotopic (exact) mass is 447 g/mol. The second kappa shape index (κ2) is 7.63. The molecule has 2 aliphatic heterocycles. The number of thiophene rings is 1. The first-order valence-corrected chi connectivity index (χ1v) is 11.2. The molecule has 3 aromatic rings. The van der Waals surface area contributed by atoms with Crippen LogP contribution in [-0.2, 0) is 13.0 Å². The molecule has 0 saturated carbocycles. The zero-order valence-electron chi connectivity index (χ0n) is 17.0. The third kappa shape index (κ3) is 4.34. The number of nitrogen functional groups attached to an aromatic ring is 1. The number of aromatic nitrogens is 2. The van der Waals surface area contributed by atoms with Gasteiger partial charge in [-0.05, 0) is 43.1 Å². The topological polar surface area (TPSA) is 58.3 Å². The number of hydrogen-bond donors (Lipinski definition) is 1. The van der Waals surface area contributed by atoms with Crippen LogP contribution in [0.5, 0.6) is 0 Å². The Bertz CT molecular complexity index is 1080. The minimum absolute atomic E-state index is 0.205. The number of benzene rings is 1. The number of likely N-dealkylation sites (tertiary alicyclic amines) is 1. The Kier molecular flexibility index (Phi) is 5.05. The fourth-order valence-corrected chi connectivity index (χ4v) is 6.05. The molecule has 5 nitrogen and oxygen atoms in total. The molecule has 1 unspecified atom stereocenters. The summed E-state index contributed by atoms with van der Waals surface area (Å²) in [5.74, 6) is 0.775. The van der Waals surface area contributed by atoms with Crippen molar-refractivity contribution in [2.75, 3.05) is 36.8 Å². The van der Waals surface area contributed by atoms with E-state index < -0.39 is 12.6 Å². The van der Waals surface area contributed by atoms with Crippen LogP contribution in [0.2, 0.25) is 0 Å². The second-order valence-corrected chi connectivity index (χ2v) is 9.93. The van der Waals surface area contributed by atoms with Gasteiger partial charge in [0.15, 0.2) is 0 Å². The summed E-state index contributed by atoms with van der Waals surface area (Å²) in [7, 11) is 0. The van der Waals surface area contributed by atoms with Crippen LogP contribution >= 0.6 is 11.3 Å². The Hall–Kier alpha value is -2.39. The Balaban J connectivity index is 1.30. The molecule has 0 aliphatic carbocycles. The Morgan fingerprint density at radius 3 is 2.61 bits per heavy atom. The maximum atomic E-state index is 12.8. The minimum Gasteiger partial charge on any atom is -0.399 e. The number of nitrogens with zero attached hydrogens (tertiary/aromatic N) is 4. The second-order valence-electron chi connectivity index (χ2n) is 8.79. The molecule has 164 valence electrons. The number of nitrogens with two attached hydrogens (primary N) is 1. The average Bonchev–Trinajstić information content (AvgIpc) is 3.41. The van der Waals surface area contributed by atoms with Gasteiger partial charge < -0.3 is 10.6 Å². The van der Waals surface area contributed by atoms with E-state index in [1.807, 2.05) is 12.1 Å². The van der Waals surface area contributed by atoms with Crippen LogP contribution in [-0.4, -0.2) is 47.2 Å². The highest BCUT2D eigenvalue weighted by molar-refractivity contribution is 7.19. The maximum absolute atomic E-state index is 12.8. The van der Waals surface area contributed by atoms with Crippen LogP contribution < -0.4 is 10.6 Å². The quantitative estimate of drug-likeness (QED) is 0.598. The summed E-state index contributed by atoms with van der Waals surface area (Å²) in [6, 6.07) is 9.58. The summed E-state index contributed by atoms with van der Waals surface area (Å²) in [5, 5.41) is 0. The first kappa shape index (κ1) is 20.5. The molecular formula is C22H24F3N5S. The molecule has 31 heavy (non-hydrogen) atoms. The molecular weight excluding hydrogens is 423 g/mol. The minimum atomic E-state index is -4.22. The van der Waals surface area contributed by atoms with Crippen LogP contribution in [0.25, 0.3) is 10.2 Å². The van der Waals surface area contributed by atoms with Crippen molar-refractivity contribution < 1.29 is 13.2 Å². The van der Waals surface area contributed by atoms with Crippen molar-refractivity contribution in [1.29, 1.82) is 0 Å². The van der Waals surface area contributed by atoms with Crippen LogP contribution in [0.3, 0.4) is 0 Å². The number of halogens is 3. The predicted molar refractivity (Wildman–Crippen MR) is 117 cm³/mol. The Morgan fingerprint density at radius 1 is 1.06 bits per heavy atom. The highest BCUT2D eigenvalue weighted by atomic mass is 32.1. The summed E-state index contributed by atoms with van der Waals surface area (Å²) in [6.07, 6.45) is -1.48. The van der Waals surface area contributed by atoms with Crippen LogP contribution in [0.1, 0.15) is 23.3 Å². The van der Waals surface area contributed by atoms with Gasteiger partial charge in [-0.2, -0.15) is 13.2 Å². The van der Waals surface area contributed by atoms with Crippen molar-refractivity contribution in [1.82, 2.24) is 14.9 Å². The van der Waals surface area contributed by atoms with E-state index in [0.717, 1.165) is 73.1 Å². The van der Waals surface area contributed by atoms with Gasteiger partial charge in [0, 0.05) is 42.2 Å². The number of rotatable bonds is 4. The van der Waals surface area contributed by atoms with Crippen molar-refractivity contribution in [3.05, 3.63) is 47.1 Å². The van der Waals surface area contributed by atoms with E-state index >= 15 is 0 Å². The zero-order valence-corrected chi connectivity index (χ0v) is 17.8. The number of hydrogen-bond acceptors (Lipinski definition) is 6. The van der Waals surface area contributed by atoms with Crippen molar-refractivity contribution >= 4 is 33.1 Å². The zero-order chi connectivity index (χ0) is 21.6. The van der Waals surface area contributed by atoms with Gasteiger partial charge in [0.05, 0.1) is 16.6 Å². The summed E-state index contributed by atoms with van der Waals surface area (Å²) in [6.45, 7) is 4.72. The highest BCUT2D eigenvalue weighted by Gasteiger charge is 2.44. The third-order valence-electron chi connectivity index (χ3n) is 6.36. The number of fused-ring (bicyclic) bond motifs is 1. The number of anilines is 2. The molecule has 0 radical (unpaired) electrons. The van der Waals surface area contributed by atoms with E-state index in [9.17, 15) is 13.2 Å². The van der Waals surface area contributed by atoms with Gasteiger partial charge in [0.1, 0.15) is 12.1 Å². The Morgan fingerprint density at radius 2 is 1.84 bits per heavy atom. The predicted octanol–water partition coefficient (Wildman–Crippen LogP) is 4.48. The van der Waals surface area contributed by atoms with E-state index in [2.05, 4.69) is 31.9 Å². The molecule has 2 aromatic heterocycles. The molecule has 2 saturated heterocycles. The third-order valence-corrected chi connectivity index (χ3v) is 7.48. The van der Waals surface area contributed by atoms with Gasteiger partial charge in [-0.3, -0.25) is 4.90 Å². The fraction of sp³-hybridized carbons (Fsp3) is 0.455. The van der Waals surface area contributed by atoms with Gasteiger partial charge in [-0.15, -0.1) is 11.3 Å². The molecule has 0 bridgehead atoms. The van der Waals surface area contributed by atoms with Gasteiger partial charge in [0.2, 0.25) is 0 Å². The van der Waals surface area contributed by atoms with Crippen LogP contribution in [0.15, 0.2) is 36.7 Å². The molecule has 2 aliphatic rings. The molecule has 1 aromatic carbocycles. The first-order valence-electron chi connectivity index (χ1n) is 10.4. The first-order chi connectivity index (χ1) is 14.8.